The van der Waals surface area contributed by atoms with Crippen molar-refractivity contribution < 1.29 is 19.4 Å². The van der Waals surface area contributed by atoms with E-state index in [1.165, 1.54) is 6.08 Å². The van der Waals surface area contributed by atoms with E-state index in [9.17, 15) is 15.2 Å². The highest BCUT2D eigenvalue weighted by molar-refractivity contribution is 5.91. The molecule has 3 rings (SSSR count). The first-order valence-electron chi connectivity index (χ1n) is 10.5. The van der Waals surface area contributed by atoms with Gasteiger partial charge in [-0.1, -0.05) is 20.8 Å². The Bertz CT molecular complexity index is 818. The van der Waals surface area contributed by atoms with E-state index in [0.29, 0.717) is 35.8 Å². The number of hydrogen-bond donors (Lipinski definition) is 2. The van der Waals surface area contributed by atoms with Gasteiger partial charge in [-0.05, 0) is 51.6 Å². The minimum atomic E-state index is -0.934. The summed E-state index contributed by atoms with van der Waals surface area (Å²) in [5.41, 5.74) is 0.241. The van der Waals surface area contributed by atoms with Gasteiger partial charge < -0.3 is 24.8 Å². The van der Waals surface area contributed by atoms with Crippen LogP contribution in [0, 0.1) is 11.3 Å². The molecule has 2 aliphatic rings. The van der Waals surface area contributed by atoms with Gasteiger partial charge in [-0.3, -0.25) is 4.79 Å². The van der Waals surface area contributed by atoms with Crippen molar-refractivity contribution in [1.29, 1.82) is 5.26 Å². The van der Waals surface area contributed by atoms with Gasteiger partial charge in [-0.2, -0.15) is 5.26 Å². The lowest BCUT2D eigenvalue weighted by Crippen LogP contribution is -2.54. The summed E-state index contributed by atoms with van der Waals surface area (Å²) in [5.74, 6) is 0.970. The van der Waals surface area contributed by atoms with Crippen LogP contribution in [0.1, 0.15) is 58.2 Å². The maximum Gasteiger partial charge on any atom is 0.251 e. The first-order chi connectivity index (χ1) is 14.3. The van der Waals surface area contributed by atoms with E-state index in [1.54, 1.807) is 36.9 Å². The van der Waals surface area contributed by atoms with E-state index in [1.807, 2.05) is 6.92 Å². The van der Waals surface area contributed by atoms with Crippen LogP contribution >= 0.6 is 12.4 Å². The quantitative estimate of drug-likeness (QED) is 0.688. The van der Waals surface area contributed by atoms with E-state index in [-0.39, 0.29) is 18.3 Å². The van der Waals surface area contributed by atoms with Crippen LogP contribution in [0.25, 0.3) is 0 Å². The molecule has 0 spiro atoms. The maximum absolute atomic E-state index is 12.5. The van der Waals surface area contributed by atoms with Crippen molar-refractivity contribution in [2.45, 2.75) is 58.8 Å². The van der Waals surface area contributed by atoms with Crippen LogP contribution in [0.5, 0.6) is 5.75 Å². The second-order valence-corrected chi connectivity index (χ2v) is 7.84. The molecule has 0 aromatic heterocycles. The van der Waals surface area contributed by atoms with Gasteiger partial charge in [0.05, 0.1) is 30.8 Å². The molecular formula is C23H34ClN3O4. The Labute approximate surface area is 191 Å². The lowest BCUT2D eigenvalue weighted by Gasteiger charge is -2.45. The molecule has 2 heterocycles. The molecule has 2 atom stereocenters. The minimum Gasteiger partial charge on any atom is -0.496 e. The summed E-state index contributed by atoms with van der Waals surface area (Å²) in [6.45, 7) is 12.8. The first-order valence-corrected chi connectivity index (χ1v) is 10.5. The highest BCUT2D eigenvalue weighted by Gasteiger charge is 2.47. The number of hydrogen-bond acceptors (Lipinski definition) is 6. The minimum absolute atomic E-state index is 0. The van der Waals surface area contributed by atoms with Crippen molar-refractivity contribution >= 4 is 18.3 Å². The van der Waals surface area contributed by atoms with Crippen molar-refractivity contribution in [3.63, 3.8) is 0 Å². The summed E-state index contributed by atoms with van der Waals surface area (Å²) in [6.07, 6.45) is 1.39. The van der Waals surface area contributed by atoms with Crippen molar-refractivity contribution in [3.05, 3.63) is 41.2 Å². The molecule has 1 amide bonds. The zero-order valence-corrected chi connectivity index (χ0v) is 19.8. The van der Waals surface area contributed by atoms with Crippen molar-refractivity contribution in [1.82, 2.24) is 10.2 Å². The number of carbonyl (C=O) groups is 1. The number of aliphatic hydroxyl groups excluding tert-OH is 1. The predicted molar refractivity (Wildman–Crippen MR) is 122 cm³/mol. The molecule has 31 heavy (non-hydrogen) atoms. The van der Waals surface area contributed by atoms with Gasteiger partial charge in [-0.15, -0.1) is 12.4 Å². The van der Waals surface area contributed by atoms with Crippen LogP contribution in [0.3, 0.4) is 0 Å². The van der Waals surface area contributed by atoms with E-state index in [2.05, 4.69) is 25.2 Å². The number of nitrogens with zero attached hydrogens (tertiary/aromatic N) is 2. The molecule has 1 aromatic rings. The van der Waals surface area contributed by atoms with Crippen LogP contribution in [-0.2, 0) is 9.53 Å². The Morgan fingerprint density at radius 2 is 2.00 bits per heavy atom. The number of amides is 1. The molecule has 2 unspecified atom stereocenters. The molecule has 0 radical (unpaired) electrons. The van der Waals surface area contributed by atoms with Gasteiger partial charge in [0.15, 0.2) is 0 Å². The van der Waals surface area contributed by atoms with E-state index >= 15 is 0 Å². The Balaban J connectivity index is 0.000000721. The molecule has 0 saturated heterocycles. The van der Waals surface area contributed by atoms with Crippen molar-refractivity contribution in [2.75, 3.05) is 26.2 Å². The van der Waals surface area contributed by atoms with Crippen LogP contribution in [0.2, 0.25) is 0 Å². The number of aliphatic hydroxyl groups is 1. The lowest BCUT2D eigenvalue weighted by molar-refractivity contribution is -0.137. The number of halogens is 1. The van der Waals surface area contributed by atoms with Gasteiger partial charge in [0, 0.05) is 11.6 Å². The second-order valence-electron chi connectivity index (χ2n) is 7.84. The average molecular weight is 452 g/mol. The number of nitrogens with one attached hydrogen (secondary N) is 1. The van der Waals surface area contributed by atoms with E-state index < -0.39 is 17.7 Å². The van der Waals surface area contributed by atoms with Crippen LogP contribution < -0.4 is 10.1 Å². The number of carbonyl (C=O) groups excluding carboxylic acids is 1. The zero-order chi connectivity index (χ0) is 22.3. The largest absolute Gasteiger partial charge is 0.496 e. The SMILES string of the molecule is CCCOC1=CC(=O)N(C2c3cc(C#N)ccc3OC(C)(C)C2O)C1.CCNCC.Cl. The third-order valence-corrected chi connectivity index (χ3v) is 5.06. The fourth-order valence-corrected chi connectivity index (χ4v) is 3.49. The van der Waals surface area contributed by atoms with E-state index in [4.69, 9.17) is 9.47 Å². The standard InChI is InChI=1S/C19H22N2O4.C4H11N.ClH/c1-4-7-24-13-9-16(22)21(11-13)17-14-8-12(10-20)5-6-15(14)25-19(2,3)18(17)23;1-3-5-4-2;/h5-6,8-9,17-18,23H,4,7,11H2,1-3H3;5H,3-4H2,1-2H3;1H. The number of benzene rings is 1. The average Bonchev–Trinajstić information content (AvgIpc) is 3.08. The van der Waals surface area contributed by atoms with E-state index in [0.717, 1.165) is 19.5 Å². The number of fused-ring (bicyclic) bond motifs is 1. The normalized spacial score (nSPS) is 20.9. The summed E-state index contributed by atoms with van der Waals surface area (Å²) < 4.78 is 11.5. The van der Waals surface area contributed by atoms with Gasteiger partial charge in [-0.25, -0.2) is 0 Å². The fourth-order valence-electron chi connectivity index (χ4n) is 3.49. The van der Waals surface area contributed by atoms with Crippen LogP contribution in [-0.4, -0.2) is 53.9 Å². The predicted octanol–water partition coefficient (Wildman–Crippen LogP) is 3.32. The van der Waals surface area contributed by atoms with Gasteiger partial charge in [0.1, 0.15) is 23.2 Å². The third-order valence-electron chi connectivity index (χ3n) is 5.06. The molecule has 0 bridgehead atoms. The summed E-state index contributed by atoms with van der Waals surface area (Å²) in [4.78, 5) is 14.1. The molecule has 1 aromatic carbocycles. The van der Waals surface area contributed by atoms with Gasteiger partial charge in [0.2, 0.25) is 0 Å². The van der Waals surface area contributed by atoms with Crippen LogP contribution in [0.15, 0.2) is 30.0 Å². The number of ether oxygens (including phenoxy) is 2. The molecule has 0 fully saturated rings. The third kappa shape index (κ3) is 6.36. The fraction of sp³-hybridized carbons (Fsp3) is 0.565. The maximum atomic E-state index is 12.5. The number of rotatable bonds is 6. The monoisotopic (exact) mass is 451 g/mol. The Morgan fingerprint density at radius 3 is 2.55 bits per heavy atom. The Morgan fingerprint density at radius 1 is 1.32 bits per heavy atom. The lowest BCUT2D eigenvalue weighted by atomic mass is 9.85. The Kier molecular flexibility index (Phi) is 10.3. The smallest absolute Gasteiger partial charge is 0.251 e. The topological polar surface area (TPSA) is 94.8 Å². The van der Waals surface area contributed by atoms with Crippen LogP contribution in [0.4, 0.5) is 0 Å². The Hall–Kier alpha value is -2.27. The summed E-state index contributed by atoms with van der Waals surface area (Å²) >= 11 is 0. The zero-order valence-electron chi connectivity index (χ0n) is 19.0. The summed E-state index contributed by atoms with van der Waals surface area (Å²) in [5, 5.41) is 23.2. The van der Waals surface area contributed by atoms with Gasteiger partial charge >= 0.3 is 0 Å². The second kappa shape index (κ2) is 11.9. The molecule has 8 heteroatoms. The molecule has 2 N–H and O–H groups in total. The molecule has 172 valence electrons. The summed E-state index contributed by atoms with van der Waals surface area (Å²) in [7, 11) is 0. The van der Waals surface area contributed by atoms with Crippen molar-refractivity contribution in [2.24, 2.45) is 0 Å². The molecular weight excluding hydrogens is 418 g/mol. The molecule has 7 nitrogen and oxygen atoms in total. The molecule has 0 saturated carbocycles. The first kappa shape index (κ1) is 26.8. The van der Waals surface area contributed by atoms with Crippen molar-refractivity contribution in [3.8, 4) is 11.8 Å². The number of nitriles is 1. The molecule has 0 aliphatic carbocycles. The highest BCUT2D eigenvalue weighted by Crippen LogP contribution is 2.44. The van der Waals surface area contributed by atoms with Gasteiger partial charge in [0.25, 0.3) is 5.91 Å². The molecule has 2 aliphatic heterocycles. The summed E-state index contributed by atoms with van der Waals surface area (Å²) in [6, 6.07) is 6.56. The highest BCUT2D eigenvalue weighted by atomic mass is 35.5.